The highest BCUT2D eigenvalue weighted by molar-refractivity contribution is 6.33. The van der Waals surface area contributed by atoms with Gasteiger partial charge < -0.3 is 0 Å². The molecule has 0 saturated carbocycles. The Bertz CT molecular complexity index is 838. The normalized spacial score (nSPS) is 11.5. The maximum Gasteiger partial charge on any atom is 0.417 e. The van der Waals surface area contributed by atoms with Crippen molar-refractivity contribution < 1.29 is 13.2 Å². The first kappa shape index (κ1) is 15.4. The lowest BCUT2D eigenvalue weighted by Crippen LogP contribution is -2.06. The van der Waals surface area contributed by atoms with Crippen LogP contribution in [0.2, 0.25) is 5.02 Å². The van der Waals surface area contributed by atoms with Gasteiger partial charge in [-0.1, -0.05) is 11.6 Å². The quantitative estimate of drug-likeness (QED) is 0.701. The second kappa shape index (κ2) is 5.92. The maximum absolute atomic E-state index is 12.7. The number of alkyl halides is 3. The van der Waals surface area contributed by atoms with Crippen LogP contribution in [0.15, 0.2) is 49.1 Å². The fraction of sp³-hybridized carbons (Fsp3) is 0.0667. The van der Waals surface area contributed by atoms with Gasteiger partial charge in [-0.05, 0) is 24.3 Å². The highest BCUT2D eigenvalue weighted by Gasteiger charge is 2.31. The molecule has 3 aromatic rings. The minimum Gasteiger partial charge on any atom is -0.264 e. The van der Waals surface area contributed by atoms with Crippen LogP contribution < -0.4 is 0 Å². The lowest BCUT2D eigenvalue weighted by molar-refractivity contribution is -0.137. The van der Waals surface area contributed by atoms with E-state index in [1.54, 1.807) is 24.5 Å². The summed E-state index contributed by atoms with van der Waals surface area (Å²) in [7, 11) is 0. The predicted octanol–water partition coefficient (Wildman–Crippen LogP) is 4.27. The number of hydrogen-bond acceptors (Lipinski definition) is 4. The fourth-order valence-electron chi connectivity index (χ4n) is 1.91. The van der Waals surface area contributed by atoms with Crippen molar-refractivity contribution in [3.05, 3.63) is 59.6 Å². The van der Waals surface area contributed by atoms with Crippen molar-refractivity contribution >= 4 is 11.6 Å². The predicted molar refractivity (Wildman–Crippen MR) is 78.5 cm³/mol. The van der Waals surface area contributed by atoms with Crippen LogP contribution in [0, 0.1) is 0 Å². The van der Waals surface area contributed by atoms with E-state index in [1.807, 2.05) is 0 Å². The van der Waals surface area contributed by atoms with Crippen LogP contribution in [-0.4, -0.2) is 19.9 Å². The lowest BCUT2D eigenvalue weighted by atomic mass is 10.2. The van der Waals surface area contributed by atoms with Crippen molar-refractivity contribution in [1.29, 1.82) is 0 Å². The zero-order valence-corrected chi connectivity index (χ0v) is 12.2. The van der Waals surface area contributed by atoms with Gasteiger partial charge in [-0.25, -0.2) is 9.97 Å². The molecule has 8 heteroatoms. The molecule has 0 spiro atoms. The molecule has 0 atom stereocenters. The van der Waals surface area contributed by atoms with Gasteiger partial charge in [0.1, 0.15) is 5.69 Å². The molecule has 0 aromatic carbocycles. The topological polar surface area (TPSA) is 51.6 Å². The Labute approximate surface area is 134 Å². The van der Waals surface area contributed by atoms with E-state index >= 15 is 0 Å². The molecule has 3 aromatic heterocycles. The van der Waals surface area contributed by atoms with Crippen LogP contribution in [-0.2, 0) is 6.18 Å². The van der Waals surface area contributed by atoms with Crippen molar-refractivity contribution in [3.8, 4) is 22.8 Å². The Kier molecular flexibility index (Phi) is 3.96. The molecule has 23 heavy (non-hydrogen) atoms. The lowest BCUT2D eigenvalue weighted by Gasteiger charge is -2.09. The van der Waals surface area contributed by atoms with E-state index in [0.29, 0.717) is 17.1 Å². The van der Waals surface area contributed by atoms with Gasteiger partial charge in [-0.3, -0.25) is 9.97 Å². The zero-order chi connectivity index (χ0) is 16.4. The summed E-state index contributed by atoms with van der Waals surface area (Å²) in [6, 6.07) is 5.86. The van der Waals surface area contributed by atoms with Gasteiger partial charge in [0.05, 0.1) is 16.3 Å². The van der Waals surface area contributed by atoms with Gasteiger partial charge in [0.25, 0.3) is 0 Å². The van der Waals surface area contributed by atoms with Gasteiger partial charge in [0.2, 0.25) is 0 Å². The number of nitrogens with zero attached hydrogens (tertiary/aromatic N) is 4. The molecule has 0 aliphatic rings. The molecule has 0 unspecified atom stereocenters. The summed E-state index contributed by atoms with van der Waals surface area (Å²) in [5.41, 5.74) is 0.259. The molecule has 0 aliphatic carbocycles. The summed E-state index contributed by atoms with van der Waals surface area (Å²) in [5.74, 6) is 0.383. The maximum atomic E-state index is 12.7. The average molecular weight is 337 g/mol. The van der Waals surface area contributed by atoms with Crippen LogP contribution in [0.25, 0.3) is 22.8 Å². The molecule has 0 saturated heterocycles. The van der Waals surface area contributed by atoms with Crippen LogP contribution in [0.3, 0.4) is 0 Å². The molecular weight excluding hydrogens is 329 g/mol. The van der Waals surface area contributed by atoms with Crippen LogP contribution in [0.5, 0.6) is 0 Å². The Hall–Kier alpha value is -2.54. The van der Waals surface area contributed by atoms with Gasteiger partial charge in [-0.2, -0.15) is 13.2 Å². The molecule has 116 valence electrons. The summed E-state index contributed by atoms with van der Waals surface area (Å²) in [6.07, 6.45) is 0.914. The molecule has 0 N–H and O–H groups in total. The molecule has 3 heterocycles. The Morgan fingerprint density at radius 1 is 1.00 bits per heavy atom. The summed E-state index contributed by atoms with van der Waals surface area (Å²) < 4.78 is 38.0. The molecule has 0 bridgehead atoms. The first-order valence-electron chi connectivity index (χ1n) is 6.42. The Balaban J connectivity index is 2.03. The minimum atomic E-state index is -4.50. The van der Waals surface area contributed by atoms with Crippen molar-refractivity contribution in [2.75, 3.05) is 0 Å². The fourth-order valence-corrected chi connectivity index (χ4v) is 2.17. The summed E-state index contributed by atoms with van der Waals surface area (Å²) >= 11 is 5.93. The van der Waals surface area contributed by atoms with E-state index < -0.39 is 11.7 Å². The second-order valence-corrected chi connectivity index (χ2v) is 4.97. The van der Waals surface area contributed by atoms with E-state index in [1.165, 1.54) is 12.3 Å². The summed E-state index contributed by atoms with van der Waals surface area (Å²) in [5, 5.41) is -0.129. The van der Waals surface area contributed by atoms with E-state index in [-0.39, 0.29) is 10.7 Å². The smallest absolute Gasteiger partial charge is 0.264 e. The molecule has 0 fully saturated rings. The first-order valence-corrected chi connectivity index (χ1v) is 6.79. The highest BCUT2D eigenvalue weighted by atomic mass is 35.5. The van der Waals surface area contributed by atoms with E-state index in [4.69, 9.17) is 11.6 Å². The van der Waals surface area contributed by atoms with E-state index in [0.717, 1.165) is 12.3 Å². The number of hydrogen-bond donors (Lipinski definition) is 0. The van der Waals surface area contributed by atoms with Gasteiger partial charge in [0.15, 0.2) is 5.82 Å². The molecule has 0 radical (unpaired) electrons. The Morgan fingerprint density at radius 2 is 1.83 bits per heavy atom. The summed E-state index contributed by atoms with van der Waals surface area (Å²) in [6.45, 7) is 0. The van der Waals surface area contributed by atoms with Crippen LogP contribution in [0.1, 0.15) is 5.56 Å². The van der Waals surface area contributed by atoms with Crippen LogP contribution >= 0.6 is 11.6 Å². The monoisotopic (exact) mass is 336 g/mol. The SMILES string of the molecule is FC(F)(F)c1cnc(-c2ccnc(-c3cccnc3)n2)c(Cl)c1. The number of aromatic nitrogens is 4. The van der Waals surface area contributed by atoms with Crippen molar-refractivity contribution in [2.24, 2.45) is 0 Å². The van der Waals surface area contributed by atoms with Crippen molar-refractivity contribution in [3.63, 3.8) is 0 Å². The van der Waals surface area contributed by atoms with Gasteiger partial charge in [0, 0.05) is 30.4 Å². The standard InChI is InChI=1S/C15H8ClF3N4/c16-11-6-10(15(17,18)19)8-22-13(11)12-3-5-21-14(23-12)9-2-1-4-20-7-9/h1-8H. The van der Waals surface area contributed by atoms with Crippen molar-refractivity contribution in [1.82, 2.24) is 19.9 Å². The third kappa shape index (κ3) is 3.29. The number of halogens is 4. The Morgan fingerprint density at radius 3 is 2.48 bits per heavy atom. The second-order valence-electron chi connectivity index (χ2n) is 4.56. The largest absolute Gasteiger partial charge is 0.417 e. The third-order valence-electron chi connectivity index (χ3n) is 2.99. The zero-order valence-electron chi connectivity index (χ0n) is 11.4. The molecular formula is C15H8ClF3N4. The van der Waals surface area contributed by atoms with Gasteiger partial charge in [-0.15, -0.1) is 0 Å². The van der Waals surface area contributed by atoms with Gasteiger partial charge >= 0.3 is 6.18 Å². The molecule has 4 nitrogen and oxygen atoms in total. The minimum absolute atomic E-state index is 0.129. The van der Waals surface area contributed by atoms with Crippen LogP contribution in [0.4, 0.5) is 13.2 Å². The average Bonchev–Trinajstić information content (AvgIpc) is 2.55. The van der Waals surface area contributed by atoms with E-state index in [9.17, 15) is 13.2 Å². The first-order chi connectivity index (χ1) is 10.9. The third-order valence-corrected chi connectivity index (χ3v) is 3.27. The number of rotatable bonds is 2. The molecule has 0 aliphatic heterocycles. The highest BCUT2D eigenvalue weighted by Crippen LogP contribution is 2.33. The van der Waals surface area contributed by atoms with Crippen molar-refractivity contribution in [2.45, 2.75) is 6.18 Å². The molecule has 0 amide bonds. The van der Waals surface area contributed by atoms with E-state index in [2.05, 4.69) is 19.9 Å². The summed E-state index contributed by atoms with van der Waals surface area (Å²) in [4.78, 5) is 16.2. The molecule has 3 rings (SSSR count). The number of pyridine rings is 2.